The van der Waals surface area contributed by atoms with Crippen LogP contribution in [0.15, 0.2) is 29.2 Å². The van der Waals surface area contributed by atoms with Gasteiger partial charge in [0.2, 0.25) is 0 Å². The van der Waals surface area contributed by atoms with E-state index in [1.54, 1.807) is 39.2 Å². The number of fused-ring (bicyclic) bond motifs is 3. The molecule has 30 heavy (non-hydrogen) atoms. The van der Waals surface area contributed by atoms with Crippen molar-refractivity contribution in [2.24, 2.45) is 13.0 Å². The van der Waals surface area contributed by atoms with Crippen LogP contribution >= 0.6 is 0 Å². The normalized spacial score (nSPS) is 12.3. The number of benzene rings is 1. The Bertz CT molecular complexity index is 1200. The highest BCUT2D eigenvalue weighted by molar-refractivity contribution is 6.08. The number of aldehydes is 1. The predicted molar refractivity (Wildman–Crippen MR) is 114 cm³/mol. The second-order valence-corrected chi connectivity index (χ2v) is 7.89. The minimum Gasteiger partial charge on any atom is -0.463 e. The fourth-order valence-electron chi connectivity index (χ4n) is 3.79. The fraction of sp³-hybridized carbons (Fsp3) is 0.364. The van der Waals surface area contributed by atoms with E-state index < -0.39 is 12.1 Å². The third-order valence-electron chi connectivity index (χ3n) is 5.16. The van der Waals surface area contributed by atoms with Crippen molar-refractivity contribution in [3.8, 4) is 5.75 Å². The Morgan fingerprint density at radius 1 is 1.30 bits per heavy atom. The molecule has 0 fully saturated rings. The number of nitrogens with zero attached hydrogens (tertiary/aromatic N) is 3. The quantitative estimate of drug-likeness (QED) is 0.375. The number of rotatable bonds is 6. The molecule has 2 heterocycles. The topological polar surface area (TPSA) is 102 Å². The number of hydrogen-bond donors (Lipinski definition) is 1. The lowest BCUT2D eigenvalue weighted by Crippen LogP contribution is -2.41. The number of hydroxylamine groups is 2. The molecule has 2 aromatic heterocycles. The second-order valence-electron chi connectivity index (χ2n) is 7.89. The molecular formula is C22H25N3O5. The van der Waals surface area contributed by atoms with Gasteiger partial charge in [-0.25, -0.2) is 4.79 Å². The third kappa shape index (κ3) is 3.72. The molecule has 1 aromatic carbocycles. The van der Waals surface area contributed by atoms with Gasteiger partial charge in [-0.2, -0.15) is 0 Å². The van der Waals surface area contributed by atoms with Crippen LogP contribution < -0.4 is 10.4 Å². The fourth-order valence-corrected chi connectivity index (χ4v) is 3.79. The average Bonchev–Trinajstić information content (AvgIpc) is 2.68. The number of carboxylic acid groups (broad SMARTS) is 1. The van der Waals surface area contributed by atoms with Crippen LogP contribution in [-0.2, 0) is 7.05 Å². The van der Waals surface area contributed by atoms with E-state index >= 15 is 0 Å². The molecule has 0 spiro atoms. The highest BCUT2D eigenvalue weighted by Crippen LogP contribution is 2.30. The number of aryl methyl sites for hydroxylation is 2. The highest BCUT2D eigenvalue weighted by Gasteiger charge is 2.25. The van der Waals surface area contributed by atoms with E-state index in [0.717, 1.165) is 5.06 Å². The molecule has 0 aliphatic rings. The van der Waals surface area contributed by atoms with Crippen LogP contribution in [0.2, 0.25) is 0 Å². The summed E-state index contributed by atoms with van der Waals surface area (Å²) in [4.78, 5) is 46.3. The largest absolute Gasteiger partial charge is 0.463 e. The van der Waals surface area contributed by atoms with Crippen LogP contribution in [0.3, 0.4) is 0 Å². The Balaban J connectivity index is 2.23. The highest BCUT2D eigenvalue weighted by atomic mass is 16.7. The molecule has 8 heteroatoms. The van der Waals surface area contributed by atoms with Gasteiger partial charge < -0.3 is 14.5 Å². The standard InChI is InChI=1S/C22H25N3O5/c1-12(2)8-13(3)25(22(28)29)30-19-10-18-17(9-15(19)11-26)16-6-7-23-14(4)20(16)21(27)24(18)5/h6-7,9-13H,8H2,1-5H3,(H,28,29). The maximum absolute atomic E-state index is 12.9. The van der Waals surface area contributed by atoms with Gasteiger partial charge in [0.25, 0.3) is 5.56 Å². The van der Waals surface area contributed by atoms with Gasteiger partial charge in [-0.05, 0) is 43.7 Å². The number of aromatic nitrogens is 2. The van der Waals surface area contributed by atoms with E-state index in [-0.39, 0.29) is 22.8 Å². The summed E-state index contributed by atoms with van der Waals surface area (Å²) in [6.45, 7) is 7.48. The molecule has 0 saturated carbocycles. The number of hydrogen-bond acceptors (Lipinski definition) is 5. The van der Waals surface area contributed by atoms with Crippen LogP contribution in [0.5, 0.6) is 5.75 Å². The van der Waals surface area contributed by atoms with E-state index in [2.05, 4.69) is 4.98 Å². The molecule has 3 rings (SSSR count). The zero-order chi connectivity index (χ0) is 22.2. The van der Waals surface area contributed by atoms with Gasteiger partial charge in [0, 0.05) is 24.7 Å². The molecule has 0 aliphatic carbocycles. The summed E-state index contributed by atoms with van der Waals surface area (Å²) in [5, 5.41) is 12.3. The SMILES string of the molecule is Cc1nccc2c1c(=O)n(C)c1cc(ON(C(=O)O)C(C)CC(C)C)c(C=O)cc21. The summed E-state index contributed by atoms with van der Waals surface area (Å²) in [7, 11) is 1.62. The zero-order valence-corrected chi connectivity index (χ0v) is 17.7. The van der Waals surface area contributed by atoms with Gasteiger partial charge in [-0.3, -0.25) is 14.6 Å². The first-order valence-corrected chi connectivity index (χ1v) is 9.73. The van der Waals surface area contributed by atoms with Crippen LogP contribution in [0.25, 0.3) is 21.7 Å². The lowest BCUT2D eigenvalue weighted by Gasteiger charge is -2.27. The minimum absolute atomic E-state index is 0.0793. The van der Waals surface area contributed by atoms with E-state index in [1.807, 2.05) is 13.8 Å². The van der Waals surface area contributed by atoms with Crippen molar-refractivity contribution in [3.05, 3.63) is 46.0 Å². The maximum Gasteiger partial charge on any atom is 0.440 e. The van der Waals surface area contributed by atoms with E-state index in [0.29, 0.717) is 40.1 Å². The Kier molecular flexibility index (Phi) is 5.78. The summed E-state index contributed by atoms with van der Waals surface area (Å²) in [6, 6.07) is 4.46. The molecule has 0 saturated heterocycles. The van der Waals surface area contributed by atoms with Crippen LogP contribution in [0.1, 0.15) is 43.2 Å². The molecule has 0 aliphatic heterocycles. The van der Waals surface area contributed by atoms with Crippen molar-refractivity contribution in [3.63, 3.8) is 0 Å². The molecule has 158 valence electrons. The van der Waals surface area contributed by atoms with Crippen LogP contribution in [0, 0.1) is 12.8 Å². The monoisotopic (exact) mass is 411 g/mol. The molecule has 0 bridgehead atoms. The van der Waals surface area contributed by atoms with Gasteiger partial charge in [0.05, 0.1) is 28.2 Å². The van der Waals surface area contributed by atoms with Crippen molar-refractivity contribution < 1.29 is 19.5 Å². The molecular weight excluding hydrogens is 386 g/mol. The van der Waals surface area contributed by atoms with Crippen molar-refractivity contribution in [1.29, 1.82) is 0 Å². The van der Waals surface area contributed by atoms with E-state index in [9.17, 15) is 19.5 Å². The van der Waals surface area contributed by atoms with Gasteiger partial charge in [-0.15, -0.1) is 5.06 Å². The van der Waals surface area contributed by atoms with Gasteiger partial charge in [0.15, 0.2) is 12.0 Å². The molecule has 1 atom stereocenters. The van der Waals surface area contributed by atoms with E-state index in [1.165, 1.54) is 10.6 Å². The first-order chi connectivity index (χ1) is 14.1. The molecule has 8 nitrogen and oxygen atoms in total. The van der Waals surface area contributed by atoms with Crippen LogP contribution in [-0.4, -0.2) is 38.1 Å². The van der Waals surface area contributed by atoms with Gasteiger partial charge in [0.1, 0.15) is 0 Å². The lowest BCUT2D eigenvalue weighted by molar-refractivity contribution is -0.0684. The Morgan fingerprint density at radius 2 is 2.00 bits per heavy atom. The van der Waals surface area contributed by atoms with Crippen molar-refractivity contribution >= 4 is 34.1 Å². The Morgan fingerprint density at radius 3 is 2.60 bits per heavy atom. The van der Waals surface area contributed by atoms with Crippen molar-refractivity contribution in [2.75, 3.05) is 0 Å². The third-order valence-corrected chi connectivity index (χ3v) is 5.16. The minimum atomic E-state index is -1.26. The number of carbonyl (C=O) groups excluding carboxylic acids is 1. The first-order valence-electron chi connectivity index (χ1n) is 9.73. The first kappa shape index (κ1) is 21.3. The number of carbonyl (C=O) groups is 2. The van der Waals surface area contributed by atoms with E-state index in [4.69, 9.17) is 4.84 Å². The second kappa shape index (κ2) is 8.14. The average molecular weight is 411 g/mol. The summed E-state index contributed by atoms with van der Waals surface area (Å²) in [5.74, 6) is 0.340. The number of amides is 1. The maximum atomic E-state index is 12.9. The zero-order valence-electron chi connectivity index (χ0n) is 17.7. The summed E-state index contributed by atoms with van der Waals surface area (Å²) in [5.41, 5.74) is 1.10. The Labute approximate surface area is 173 Å². The molecule has 1 amide bonds. The van der Waals surface area contributed by atoms with Gasteiger partial charge in [-0.1, -0.05) is 13.8 Å². The van der Waals surface area contributed by atoms with Gasteiger partial charge >= 0.3 is 6.09 Å². The van der Waals surface area contributed by atoms with Crippen LogP contribution in [0.4, 0.5) is 4.79 Å². The predicted octanol–water partition coefficient (Wildman–Crippen LogP) is 3.92. The molecule has 3 aromatic rings. The van der Waals surface area contributed by atoms with Crippen molar-refractivity contribution in [2.45, 2.75) is 40.2 Å². The Hall–Kier alpha value is -3.42. The molecule has 1 unspecified atom stereocenters. The number of pyridine rings is 2. The molecule has 0 radical (unpaired) electrons. The smallest absolute Gasteiger partial charge is 0.440 e. The molecule has 1 N–H and O–H groups in total. The van der Waals surface area contributed by atoms with Crippen molar-refractivity contribution in [1.82, 2.24) is 14.6 Å². The lowest BCUT2D eigenvalue weighted by atomic mass is 10.0. The summed E-state index contributed by atoms with van der Waals surface area (Å²) < 4.78 is 1.45. The summed E-state index contributed by atoms with van der Waals surface area (Å²) >= 11 is 0. The summed E-state index contributed by atoms with van der Waals surface area (Å²) in [6.07, 6.45) is 1.56.